The Hall–Kier alpha value is -2.69. The van der Waals surface area contributed by atoms with Crippen LogP contribution in [0.15, 0.2) is 48.5 Å². The largest absolute Gasteiger partial charge is 0.490 e. The highest BCUT2D eigenvalue weighted by molar-refractivity contribution is 5.94. The molecule has 0 atom stereocenters. The van der Waals surface area contributed by atoms with E-state index in [0.717, 1.165) is 12.2 Å². The molecule has 0 bridgehead atoms. The fourth-order valence-corrected chi connectivity index (χ4v) is 2.44. The number of rotatable bonds is 9. The maximum absolute atomic E-state index is 12.4. The smallest absolute Gasteiger partial charge is 0.251 e. The number of hydrogen-bond acceptors (Lipinski definition) is 4. The van der Waals surface area contributed by atoms with Gasteiger partial charge < -0.3 is 19.7 Å². The molecule has 0 radical (unpaired) electrons. The van der Waals surface area contributed by atoms with Crippen LogP contribution in [0.5, 0.6) is 11.5 Å². The van der Waals surface area contributed by atoms with Crippen LogP contribution in [0.1, 0.15) is 24.2 Å². The molecule has 0 aliphatic carbocycles. The van der Waals surface area contributed by atoms with Crippen molar-refractivity contribution >= 4 is 11.6 Å². The summed E-state index contributed by atoms with van der Waals surface area (Å²) in [6, 6.07) is 15.3. The Morgan fingerprint density at radius 1 is 1.00 bits per heavy atom. The van der Waals surface area contributed by atoms with Gasteiger partial charge in [-0.1, -0.05) is 18.2 Å². The number of carbonyl (C=O) groups excluding carboxylic acids is 1. The number of nitrogens with one attached hydrogen (secondary N) is 1. The van der Waals surface area contributed by atoms with Gasteiger partial charge in [-0.3, -0.25) is 4.79 Å². The average molecular weight is 342 g/mol. The highest BCUT2D eigenvalue weighted by atomic mass is 16.5. The lowest BCUT2D eigenvalue weighted by Crippen LogP contribution is -2.33. The zero-order chi connectivity index (χ0) is 18.1. The number of hydrogen-bond donors (Lipinski definition) is 1. The molecule has 0 heterocycles. The van der Waals surface area contributed by atoms with Gasteiger partial charge in [0, 0.05) is 31.4 Å². The minimum atomic E-state index is -0.120. The van der Waals surface area contributed by atoms with Crippen LogP contribution in [-0.2, 0) is 0 Å². The minimum absolute atomic E-state index is 0.120. The maximum Gasteiger partial charge on any atom is 0.251 e. The molecule has 1 N–H and O–H groups in total. The molecule has 0 aliphatic heterocycles. The van der Waals surface area contributed by atoms with E-state index in [9.17, 15) is 4.79 Å². The molecule has 2 aromatic carbocycles. The Labute approximate surface area is 149 Å². The summed E-state index contributed by atoms with van der Waals surface area (Å²) in [5, 5.41) is 2.94. The van der Waals surface area contributed by atoms with Gasteiger partial charge in [0.15, 0.2) is 11.5 Å². The molecule has 0 aliphatic rings. The second-order valence-corrected chi connectivity index (χ2v) is 5.54. The van der Waals surface area contributed by atoms with Gasteiger partial charge in [-0.05, 0) is 44.2 Å². The normalized spacial score (nSPS) is 10.2. The summed E-state index contributed by atoms with van der Waals surface area (Å²) in [5.74, 6) is 1.13. The topological polar surface area (TPSA) is 50.8 Å². The van der Waals surface area contributed by atoms with Crippen molar-refractivity contribution in [2.75, 3.05) is 38.3 Å². The van der Waals surface area contributed by atoms with Crippen LogP contribution in [-0.4, -0.2) is 39.3 Å². The molecule has 0 saturated heterocycles. The first-order valence-corrected chi connectivity index (χ1v) is 8.59. The Morgan fingerprint density at radius 2 is 1.68 bits per heavy atom. The summed E-state index contributed by atoms with van der Waals surface area (Å²) in [6.07, 6.45) is 0. The summed E-state index contributed by atoms with van der Waals surface area (Å²) in [7, 11) is 2.01. The molecule has 0 unspecified atom stereocenters. The number of likely N-dealkylation sites (N-methyl/N-ethyl adjacent to an activating group) is 1. The predicted octanol–water partition coefficient (Wildman–Crippen LogP) is 3.35. The van der Waals surface area contributed by atoms with Crippen LogP contribution in [0, 0.1) is 0 Å². The second-order valence-electron chi connectivity index (χ2n) is 5.54. The molecule has 5 nitrogen and oxygen atoms in total. The maximum atomic E-state index is 12.4. The van der Waals surface area contributed by atoms with E-state index in [1.165, 1.54) is 0 Å². The molecule has 25 heavy (non-hydrogen) atoms. The van der Waals surface area contributed by atoms with Gasteiger partial charge in [-0.15, -0.1) is 0 Å². The van der Waals surface area contributed by atoms with E-state index in [2.05, 4.69) is 10.2 Å². The predicted molar refractivity (Wildman–Crippen MR) is 101 cm³/mol. The van der Waals surface area contributed by atoms with Crippen molar-refractivity contribution in [2.24, 2.45) is 0 Å². The monoisotopic (exact) mass is 342 g/mol. The first-order valence-electron chi connectivity index (χ1n) is 8.59. The number of ether oxygens (including phenoxy) is 2. The number of anilines is 1. The number of benzene rings is 2. The first kappa shape index (κ1) is 18.6. The number of amides is 1. The van der Waals surface area contributed by atoms with Crippen molar-refractivity contribution in [2.45, 2.75) is 13.8 Å². The average Bonchev–Trinajstić information content (AvgIpc) is 2.64. The first-order chi connectivity index (χ1) is 12.2. The quantitative estimate of drug-likeness (QED) is 0.759. The molecule has 0 fully saturated rings. The van der Waals surface area contributed by atoms with E-state index in [1.807, 2.05) is 51.2 Å². The van der Waals surface area contributed by atoms with E-state index in [-0.39, 0.29) is 5.91 Å². The van der Waals surface area contributed by atoms with Crippen molar-refractivity contribution in [3.8, 4) is 11.5 Å². The van der Waals surface area contributed by atoms with Crippen LogP contribution in [0.4, 0.5) is 5.69 Å². The summed E-state index contributed by atoms with van der Waals surface area (Å²) >= 11 is 0. The summed E-state index contributed by atoms with van der Waals surface area (Å²) in [4.78, 5) is 14.5. The number of para-hydroxylation sites is 1. The van der Waals surface area contributed by atoms with Gasteiger partial charge >= 0.3 is 0 Å². The molecule has 0 spiro atoms. The minimum Gasteiger partial charge on any atom is -0.490 e. The van der Waals surface area contributed by atoms with Crippen LogP contribution in [0.2, 0.25) is 0 Å². The van der Waals surface area contributed by atoms with Crippen molar-refractivity contribution in [1.82, 2.24) is 5.32 Å². The molecule has 5 heteroatoms. The lowest BCUT2D eigenvalue weighted by molar-refractivity contribution is 0.0954. The lowest BCUT2D eigenvalue weighted by atomic mass is 10.2. The third-order valence-corrected chi connectivity index (χ3v) is 3.74. The number of nitrogens with zero attached hydrogens (tertiary/aromatic N) is 1. The summed E-state index contributed by atoms with van der Waals surface area (Å²) in [6.45, 7) is 6.18. The van der Waals surface area contributed by atoms with E-state index >= 15 is 0 Å². The van der Waals surface area contributed by atoms with Gasteiger partial charge in [-0.2, -0.15) is 0 Å². The van der Waals surface area contributed by atoms with Crippen LogP contribution in [0.3, 0.4) is 0 Å². The third-order valence-electron chi connectivity index (χ3n) is 3.74. The van der Waals surface area contributed by atoms with Crippen LogP contribution in [0.25, 0.3) is 0 Å². The SMILES string of the molecule is CCOc1ccc(C(=O)NCCN(C)c2ccccc2)cc1OCC. The van der Waals surface area contributed by atoms with Crippen molar-refractivity contribution < 1.29 is 14.3 Å². The van der Waals surface area contributed by atoms with Gasteiger partial charge in [-0.25, -0.2) is 0 Å². The standard InChI is InChI=1S/C20H26N2O3/c1-4-24-18-12-11-16(15-19(18)25-5-2)20(23)21-13-14-22(3)17-9-7-6-8-10-17/h6-12,15H,4-5,13-14H2,1-3H3,(H,21,23). The van der Waals surface area contributed by atoms with Gasteiger partial charge in [0.1, 0.15) is 0 Å². The van der Waals surface area contributed by atoms with Gasteiger partial charge in [0.05, 0.1) is 13.2 Å². The molecule has 2 aromatic rings. The Bertz CT molecular complexity index is 674. The third kappa shape index (κ3) is 5.41. The number of carbonyl (C=O) groups is 1. The van der Waals surface area contributed by atoms with Crippen molar-refractivity contribution in [3.63, 3.8) is 0 Å². The Morgan fingerprint density at radius 3 is 2.36 bits per heavy atom. The Balaban J connectivity index is 1.93. The molecule has 1 amide bonds. The zero-order valence-corrected chi connectivity index (χ0v) is 15.1. The summed E-state index contributed by atoms with van der Waals surface area (Å²) in [5.41, 5.74) is 1.69. The van der Waals surface area contributed by atoms with Crippen LogP contribution >= 0.6 is 0 Å². The molecule has 0 aromatic heterocycles. The van der Waals surface area contributed by atoms with Gasteiger partial charge in [0.2, 0.25) is 0 Å². The van der Waals surface area contributed by atoms with Crippen LogP contribution < -0.4 is 19.7 Å². The summed E-state index contributed by atoms with van der Waals surface area (Å²) < 4.78 is 11.1. The molecule has 2 rings (SSSR count). The van der Waals surface area contributed by atoms with E-state index in [0.29, 0.717) is 36.8 Å². The van der Waals surface area contributed by atoms with E-state index < -0.39 is 0 Å². The molecule has 0 saturated carbocycles. The lowest BCUT2D eigenvalue weighted by Gasteiger charge is -2.19. The molecular formula is C20H26N2O3. The van der Waals surface area contributed by atoms with Gasteiger partial charge in [0.25, 0.3) is 5.91 Å². The van der Waals surface area contributed by atoms with Crippen molar-refractivity contribution in [1.29, 1.82) is 0 Å². The highest BCUT2D eigenvalue weighted by Gasteiger charge is 2.11. The second kappa shape index (κ2) is 9.57. The van der Waals surface area contributed by atoms with E-state index in [4.69, 9.17) is 9.47 Å². The fraction of sp³-hybridized carbons (Fsp3) is 0.350. The van der Waals surface area contributed by atoms with Crippen molar-refractivity contribution in [3.05, 3.63) is 54.1 Å². The Kier molecular flexibility index (Phi) is 7.14. The molecule has 134 valence electrons. The van der Waals surface area contributed by atoms with E-state index in [1.54, 1.807) is 18.2 Å². The highest BCUT2D eigenvalue weighted by Crippen LogP contribution is 2.28. The molecular weight excluding hydrogens is 316 g/mol. The fourth-order valence-electron chi connectivity index (χ4n) is 2.44. The zero-order valence-electron chi connectivity index (χ0n) is 15.1.